The molecular formula is C23H26FN3O. The molecule has 4 rings (SSSR count). The molecule has 5 heteroatoms. The van der Waals surface area contributed by atoms with E-state index in [-0.39, 0.29) is 5.82 Å². The number of nitrogens with zero attached hydrogens (tertiary/aromatic N) is 3. The molecule has 2 unspecified atom stereocenters. The third-order valence-electron chi connectivity index (χ3n) is 5.71. The van der Waals surface area contributed by atoms with Crippen molar-refractivity contribution in [2.45, 2.75) is 13.0 Å². The fourth-order valence-electron chi connectivity index (χ4n) is 4.57. The number of benzene rings is 2. The zero-order valence-corrected chi connectivity index (χ0v) is 16.1. The lowest BCUT2D eigenvalue weighted by molar-refractivity contribution is 0.0226. The Balaban J connectivity index is 1.23. The number of hydrogen-bond acceptors (Lipinski definition) is 4. The largest absolute Gasteiger partial charge is 0.492 e. The summed E-state index contributed by atoms with van der Waals surface area (Å²) in [6.07, 6.45) is 1.31. The Hall–Kier alpha value is -2.42. The summed E-state index contributed by atoms with van der Waals surface area (Å²) in [6, 6.07) is 16.3. The lowest BCUT2D eigenvalue weighted by atomic mass is 9.84. The van der Waals surface area contributed by atoms with Gasteiger partial charge in [-0.2, -0.15) is 5.26 Å². The molecule has 0 aromatic heterocycles. The minimum Gasteiger partial charge on any atom is -0.492 e. The van der Waals surface area contributed by atoms with E-state index in [1.54, 1.807) is 24.3 Å². The smallest absolute Gasteiger partial charge is 0.123 e. The molecule has 0 radical (unpaired) electrons. The molecule has 146 valence electrons. The summed E-state index contributed by atoms with van der Waals surface area (Å²) in [6.45, 7) is 6.98. The van der Waals surface area contributed by atoms with E-state index in [0.29, 0.717) is 24.0 Å². The molecular weight excluding hydrogens is 353 g/mol. The number of hydrogen-bond donors (Lipinski definition) is 0. The second-order valence-electron chi connectivity index (χ2n) is 8.03. The van der Waals surface area contributed by atoms with Crippen LogP contribution in [-0.4, -0.2) is 49.1 Å². The lowest BCUT2D eigenvalue weighted by Crippen LogP contribution is -2.52. The molecule has 4 nitrogen and oxygen atoms in total. The van der Waals surface area contributed by atoms with E-state index >= 15 is 0 Å². The molecule has 0 spiro atoms. The van der Waals surface area contributed by atoms with Gasteiger partial charge in [-0.15, -0.1) is 0 Å². The minimum atomic E-state index is -0.168. The van der Waals surface area contributed by atoms with Crippen molar-refractivity contribution in [1.29, 1.82) is 5.26 Å². The van der Waals surface area contributed by atoms with Gasteiger partial charge in [-0.05, 0) is 60.2 Å². The van der Waals surface area contributed by atoms with Crippen LogP contribution in [-0.2, 0) is 6.54 Å². The van der Waals surface area contributed by atoms with Crippen LogP contribution in [0.3, 0.4) is 0 Å². The van der Waals surface area contributed by atoms with E-state index in [1.165, 1.54) is 12.0 Å². The number of likely N-dealkylation sites (tertiary alicyclic amines) is 2. The van der Waals surface area contributed by atoms with Crippen LogP contribution < -0.4 is 4.74 Å². The first-order chi connectivity index (χ1) is 13.7. The zero-order valence-electron chi connectivity index (χ0n) is 16.1. The molecule has 0 amide bonds. The molecule has 0 aliphatic carbocycles. The summed E-state index contributed by atoms with van der Waals surface area (Å²) in [5, 5.41) is 8.85. The average Bonchev–Trinajstić information content (AvgIpc) is 2.70. The summed E-state index contributed by atoms with van der Waals surface area (Å²) in [4.78, 5) is 5.05. The molecule has 2 saturated heterocycles. The van der Waals surface area contributed by atoms with Crippen LogP contribution in [0.1, 0.15) is 17.5 Å². The van der Waals surface area contributed by atoms with Crippen LogP contribution in [0.15, 0.2) is 48.5 Å². The quantitative estimate of drug-likeness (QED) is 0.770. The maximum Gasteiger partial charge on any atom is 0.123 e. The summed E-state index contributed by atoms with van der Waals surface area (Å²) in [5.41, 5.74) is 1.84. The van der Waals surface area contributed by atoms with Crippen molar-refractivity contribution in [2.75, 3.05) is 39.3 Å². The van der Waals surface area contributed by atoms with Gasteiger partial charge in [-0.3, -0.25) is 9.80 Å². The van der Waals surface area contributed by atoms with Crippen LogP contribution in [0.4, 0.5) is 4.39 Å². The highest BCUT2D eigenvalue weighted by Gasteiger charge is 2.33. The van der Waals surface area contributed by atoms with Gasteiger partial charge in [-0.25, -0.2) is 4.39 Å². The number of nitriles is 1. The SMILES string of the molecule is N#Cc1ccc(OCCN2CC3CC(C2)CN(Cc2ccc(F)cc2)C3)cc1. The van der Waals surface area contributed by atoms with E-state index in [1.807, 2.05) is 24.3 Å². The number of rotatable bonds is 6. The maximum absolute atomic E-state index is 13.1. The van der Waals surface area contributed by atoms with Crippen molar-refractivity contribution in [3.8, 4) is 11.8 Å². The predicted octanol–water partition coefficient (Wildman–Crippen LogP) is 3.53. The van der Waals surface area contributed by atoms with Crippen molar-refractivity contribution in [3.05, 3.63) is 65.5 Å². The molecule has 0 N–H and O–H groups in total. The molecule has 2 aliphatic rings. The van der Waals surface area contributed by atoms with Crippen molar-refractivity contribution in [2.24, 2.45) is 11.8 Å². The van der Waals surface area contributed by atoms with Crippen molar-refractivity contribution >= 4 is 0 Å². The summed E-state index contributed by atoms with van der Waals surface area (Å²) < 4.78 is 18.9. The van der Waals surface area contributed by atoms with E-state index in [9.17, 15) is 4.39 Å². The highest BCUT2D eigenvalue weighted by Crippen LogP contribution is 2.29. The Bertz CT molecular complexity index is 801. The normalized spacial score (nSPS) is 22.6. The van der Waals surface area contributed by atoms with Gasteiger partial charge in [0.1, 0.15) is 18.2 Å². The number of piperidine rings is 2. The molecule has 28 heavy (non-hydrogen) atoms. The Morgan fingerprint density at radius 1 is 0.929 bits per heavy atom. The minimum absolute atomic E-state index is 0.168. The standard InChI is InChI=1S/C23H26FN3O/c24-22-5-1-19(2-6-22)13-27-16-20-11-21(17-27)15-26(14-20)9-10-28-23-7-3-18(12-25)4-8-23/h1-8,20-21H,9-11,13-17H2. The zero-order chi connectivity index (χ0) is 19.3. The van der Waals surface area contributed by atoms with Crippen LogP contribution in [0.25, 0.3) is 0 Å². The summed E-state index contributed by atoms with van der Waals surface area (Å²) in [5.74, 6) is 2.05. The Morgan fingerprint density at radius 3 is 2.21 bits per heavy atom. The highest BCUT2D eigenvalue weighted by atomic mass is 19.1. The Kier molecular flexibility index (Phi) is 5.90. The molecule has 0 saturated carbocycles. The molecule has 2 atom stereocenters. The fourth-order valence-corrected chi connectivity index (χ4v) is 4.57. The van der Waals surface area contributed by atoms with E-state index in [0.717, 1.165) is 45.0 Å². The number of fused-ring (bicyclic) bond motifs is 2. The fraction of sp³-hybridized carbons (Fsp3) is 0.435. The molecule has 2 fully saturated rings. The molecule has 2 bridgehead atoms. The van der Waals surface area contributed by atoms with Gasteiger partial charge in [0.15, 0.2) is 0 Å². The van der Waals surface area contributed by atoms with Crippen molar-refractivity contribution in [3.63, 3.8) is 0 Å². The van der Waals surface area contributed by atoms with E-state index in [4.69, 9.17) is 10.00 Å². The van der Waals surface area contributed by atoms with E-state index < -0.39 is 0 Å². The maximum atomic E-state index is 13.1. The van der Waals surface area contributed by atoms with Gasteiger partial charge in [0.2, 0.25) is 0 Å². The molecule has 2 heterocycles. The first kappa shape index (κ1) is 18.9. The Labute approximate surface area is 166 Å². The van der Waals surface area contributed by atoms with Crippen LogP contribution in [0.2, 0.25) is 0 Å². The van der Waals surface area contributed by atoms with Gasteiger partial charge in [-0.1, -0.05) is 12.1 Å². The average molecular weight is 379 g/mol. The molecule has 2 aromatic carbocycles. The lowest BCUT2D eigenvalue weighted by Gasteiger charge is -2.46. The van der Waals surface area contributed by atoms with Gasteiger partial charge < -0.3 is 4.74 Å². The van der Waals surface area contributed by atoms with Gasteiger partial charge in [0.25, 0.3) is 0 Å². The third kappa shape index (κ3) is 4.89. The van der Waals surface area contributed by atoms with Crippen LogP contribution in [0.5, 0.6) is 5.75 Å². The first-order valence-corrected chi connectivity index (χ1v) is 10.00. The molecule has 2 aromatic rings. The topological polar surface area (TPSA) is 39.5 Å². The second-order valence-corrected chi connectivity index (χ2v) is 8.03. The van der Waals surface area contributed by atoms with Crippen molar-refractivity contribution < 1.29 is 9.13 Å². The molecule has 2 aliphatic heterocycles. The van der Waals surface area contributed by atoms with Gasteiger partial charge in [0, 0.05) is 39.3 Å². The highest BCUT2D eigenvalue weighted by molar-refractivity contribution is 5.34. The van der Waals surface area contributed by atoms with Gasteiger partial charge in [0.05, 0.1) is 11.6 Å². The van der Waals surface area contributed by atoms with Crippen LogP contribution >= 0.6 is 0 Å². The van der Waals surface area contributed by atoms with Crippen LogP contribution in [0, 0.1) is 29.0 Å². The summed E-state index contributed by atoms with van der Waals surface area (Å²) >= 11 is 0. The van der Waals surface area contributed by atoms with Gasteiger partial charge >= 0.3 is 0 Å². The first-order valence-electron chi connectivity index (χ1n) is 10.00. The van der Waals surface area contributed by atoms with Crippen molar-refractivity contribution in [1.82, 2.24) is 9.80 Å². The number of ether oxygens (including phenoxy) is 1. The monoisotopic (exact) mass is 379 g/mol. The second kappa shape index (κ2) is 8.72. The third-order valence-corrected chi connectivity index (χ3v) is 5.71. The summed E-state index contributed by atoms with van der Waals surface area (Å²) in [7, 11) is 0. The number of halogens is 1. The Morgan fingerprint density at radius 2 is 1.57 bits per heavy atom. The van der Waals surface area contributed by atoms with E-state index in [2.05, 4.69) is 15.9 Å². The predicted molar refractivity (Wildman–Crippen MR) is 106 cm³/mol.